The van der Waals surface area contributed by atoms with Crippen LogP contribution < -0.4 is 14.4 Å². The number of nitrogens with zero attached hydrogens (tertiary/aromatic N) is 1. The van der Waals surface area contributed by atoms with Gasteiger partial charge in [-0.3, -0.25) is 0 Å². The number of ether oxygens (including phenoxy) is 2. The molecule has 4 heteroatoms. The summed E-state index contributed by atoms with van der Waals surface area (Å²) in [5.74, 6) is 6.20. The molecule has 0 N–H and O–H groups in total. The van der Waals surface area contributed by atoms with Crippen molar-refractivity contribution in [1.29, 1.82) is 0 Å². The smallest absolute Gasteiger partial charge is 0.231 e. The molecule has 2 atom stereocenters. The van der Waals surface area contributed by atoms with Crippen molar-refractivity contribution in [3.8, 4) is 11.5 Å². The van der Waals surface area contributed by atoms with Crippen molar-refractivity contribution in [2.45, 2.75) is 31.8 Å². The Morgan fingerprint density at radius 1 is 1.21 bits per heavy atom. The fraction of sp³-hybridized carbons (Fsp3) is 0.533. The van der Waals surface area contributed by atoms with Gasteiger partial charge in [-0.2, -0.15) is 11.8 Å². The highest BCUT2D eigenvalue weighted by molar-refractivity contribution is 8.01. The van der Waals surface area contributed by atoms with E-state index in [4.69, 9.17) is 9.47 Å². The SMILES string of the molecule is CC1[CH]SCC(C2CC2)N1c1ccc2c(c1)OCO2. The van der Waals surface area contributed by atoms with E-state index in [1.165, 1.54) is 24.3 Å². The van der Waals surface area contributed by atoms with Crippen LogP contribution in [0.3, 0.4) is 0 Å². The minimum absolute atomic E-state index is 0.350. The van der Waals surface area contributed by atoms with Gasteiger partial charge in [-0.25, -0.2) is 0 Å². The van der Waals surface area contributed by atoms with Gasteiger partial charge in [-0.1, -0.05) is 0 Å². The molecule has 0 bridgehead atoms. The summed E-state index contributed by atoms with van der Waals surface area (Å²) in [5.41, 5.74) is 1.27. The summed E-state index contributed by atoms with van der Waals surface area (Å²) in [7, 11) is 0. The lowest BCUT2D eigenvalue weighted by atomic mass is 10.1. The van der Waals surface area contributed by atoms with Gasteiger partial charge in [-0.15, -0.1) is 0 Å². The molecule has 19 heavy (non-hydrogen) atoms. The highest BCUT2D eigenvalue weighted by Crippen LogP contribution is 2.44. The molecule has 0 aromatic heterocycles. The third-order valence-corrected chi connectivity index (χ3v) is 5.30. The van der Waals surface area contributed by atoms with E-state index in [1.54, 1.807) is 0 Å². The molecule has 1 aliphatic carbocycles. The van der Waals surface area contributed by atoms with E-state index >= 15 is 0 Å². The molecule has 3 aliphatic rings. The number of rotatable bonds is 2. The maximum atomic E-state index is 5.51. The normalized spacial score (nSPS) is 29.6. The van der Waals surface area contributed by atoms with Crippen LogP contribution in [-0.2, 0) is 0 Å². The first kappa shape index (κ1) is 11.8. The van der Waals surface area contributed by atoms with E-state index in [-0.39, 0.29) is 0 Å². The second-order valence-corrected chi connectivity index (χ2v) is 6.50. The molecule has 1 saturated heterocycles. The van der Waals surface area contributed by atoms with E-state index in [1.807, 2.05) is 17.8 Å². The van der Waals surface area contributed by atoms with Crippen LogP contribution in [0.25, 0.3) is 0 Å². The Morgan fingerprint density at radius 2 is 2.05 bits per heavy atom. The van der Waals surface area contributed by atoms with Crippen molar-refractivity contribution in [2.24, 2.45) is 5.92 Å². The molecule has 1 saturated carbocycles. The van der Waals surface area contributed by atoms with Crippen molar-refractivity contribution in [2.75, 3.05) is 17.4 Å². The lowest BCUT2D eigenvalue weighted by molar-refractivity contribution is 0.174. The zero-order chi connectivity index (χ0) is 12.8. The Hall–Kier alpha value is -1.03. The summed E-state index contributed by atoms with van der Waals surface area (Å²) in [6.07, 6.45) is 2.78. The minimum Gasteiger partial charge on any atom is -0.454 e. The van der Waals surface area contributed by atoms with Crippen LogP contribution in [0.4, 0.5) is 5.69 Å². The zero-order valence-electron chi connectivity index (χ0n) is 11.0. The third kappa shape index (κ3) is 2.06. The molecule has 4 rings (SSSR count). The number of benzene rings is 1. The number of fused-ring (bicyclic) bond motifs is 1. The molecule has 1 radical (unpaired) electrons. The number of anilines is 1. The predicted octanol–water partition coefficient (Wildman–Crippen LogP) is 3.30. The summed E-state index contributed by atoms with van der Waals surface area (Å²) in [4.78, 5) is 2.57. The molecule has 1 aromatic rings. The summed E-state index contributed by atoms with van der Waals surface area (Å²) >= 11 is 1.98. The lowest BCUT2D eigenvalue weighted by Crippen LogP contribution is -2.47. The Labute approximate surface area is 118 Å². The van der Waals surface area contributed by atoms with Gasteiger partial charge in [-0.05, 0) is 37.8 Å². The van der Waals surface area contributed by atoms with Crippen LogP contribution in [0.2, 0.25) is 0 Å². The van der Waals surface area contributed by atoms with Gasteiger partial charge in [0.05, 0.1) is 0 Å². The van der Waals surface area contributed by atoms with Gasteiger partial charge in [0.15, 0.2) is 11.5 Å². The van der Waals surface area contributed by atoms with Gasteiger partial charge in [0.25, 0.3) is 0 Å². The molecule has 3 nitrogen and oxygen atoms in total. The zero-order valence-corrected chi connectivity index (χ0v) is 11.9. The average Bonchev–Trinajstić information content (AvgIpc) is 3.16. The van der Waals surface area contributed by atoms with Crippen LogP contribution >= 0.6 is 11.8 Å². The first-order chi connectivity index (χ1) is 9.33. The van der Waals surface area contributed by atoms with Crippen molar-refractivity contribution in [3.63, 3.8) is 0 Å². The number of hydrogen-bond acceptors (Lipinski definition) is 4. The molecule has 2 aliphatic heterocycles. The molecule has 2 heterocycles. The summed E-state index contributed by atoms with van der Waals surface area (Å²) in [6.45, 7) is 2.63. The standard InChI is InChI=1S/C15H18NO2S/c1-10-7-19-8-13(11-2-3-11)16(10)12-4-5-14-15(6-12)18-9-17-14/h4-7,10-11,13H,2-3,8-9H2,1H3. The fourth-order valence-corrected chi connectivity index (χ4v) is 4.21. The fourth-order valence-electron chi connectivity index (χ4n) is 3.06. The first-order valence-corrected chi connectivity index (χ1v) is 8.01. The Kier molecular flexibility index (Phi) is 2.79. The van der Waals surface area contributed by atoms with Gasteiger partial charge >= 0.3 is 0 Å². The maximum Gasteiger partial charge on any atom is 0.231 e. The molecule has 2 unspecified atom stereocenters. The molecular weight excluding hydrogens is 258 g/mol. The van der Waals surface area contributed by atoms with Crippen LogP contribution in [0.5, 0.6) is 11.5 Å². The maximum absolute atomic E-state index is 5.51. The van der Waals surface area contributed by atoms with Crippen LogP contribution in [-0.4, -0.2) is 24.6 Å². The lowest BCUT2D eigenvalue weighted by Gasteiger charge is -2.42. The largest absolute Gasteiger partial charge is 0.454 e. The van der Waals surface area contributed by atoms with E-state index in [0.29, 0.717) is 18.9 Å². The average molecular weight is 276 g/mol. The monoisotopic (exact) mass is 276 g/mol. The molecule has 101 valence electrons. The van der Waals surface area contributed by atoms with Gasteiger partial charge < -0.3 is 14.4 Å². The third-order valence-electron chi connectivity index (χ3n) is 4.18. The summed E-state index contributed by atoms with van der Waals surface area (Å²) in [5, 5.41) is 0. The molecule has 0 amide bonds. The van der Waals surface area contributed by atoms with Crippen LogP contribution in [0.15, 0.2) is 18.2 Å². The highest BCUT2D eigenvalue weighted by Gasteiger charge is 2.39. The second kappa shape index (κ2) is 4.51. The van der Waals surface area contributed by atoms with E-state index in [2.05, 4.69) is 29.7 Å². The predicted molar refractivity (Wildman–Crippen MR) is 77.8 cm³/mol. The van der Waals surface area contributed by atoms with Crippen molar-refractivity contribution >= 4 is 17.4 Å². The highest BCUT2D eigenvalue weighted by atomic mass is 32.2. The molecule has 0 spiro atoms. The quantitative estimate of drug-likeness (QED) is 0.826. The van der Waals surface area contributed by atoms with Crippen LogP contribution in [0.1, 0.15) is 19.8 Å². The van der Waals surface area contributed by atoms with Gasteiger partial charge in [0.1, 0.15) is 0 Å². The van der Waals surface area contributed by atoms with Crippen molar-refractivity contribution < 1.29 is 9.47 Å². The summed E-state index contributed by atoms with van der Waals surface area (Å²) in [6, 6.07) is 7.49. The van der Waals surface area contributed by atoms with Gasteiger partial charge in [0.2, 0.25) is 6.79 Å². The van der Waals surface area contributed by atoms with Crippen LogP contribution in [0, 0.1) is 11.7 Å². The number of thioether (sulfide) groups is 1. The van der Waals surface area contributed by atoms with E-state index in [9.17, 15) is 0 Å². The minimum atomic E-state index is 0.350. The Bertz CT molecular complexity index is 489. The molecule has 2 fully saturated rings. The Balaban J connectivity index is 1.67. The molecule has 1 aromatic carbocycles. The van der Waals surface area contributed by atoms with E-state index in [0.717, 1.165) is 17.4 Å². The first-order valence-electron chi connectivity index (χ1n) is 6.96. The van der Waals surface area contributed by atoms with Crippen molar-refractivity contribution in [1.82, 2.24) is 0 Å². The second-order valence-electron chi connectivity index (χ2n) is 5.56. The van der Waals surface area contributed by atoms with Gasteiger partial charge in [0, 0.05) is 35.3 Å². The molecular formula is C15H18NO2S. The number of hydrogen-bond donors (Lipinski definition) is 0. The van der Waals surface area contributed by atoms with Crippen molar-refractivity contribution in [3.05, 3.63) is 24.0 Å². The summed E-state index contributed by atoms with van der Waals surface area (Å²) < 4.78 is 10.9. The Morgan fingerprint density at radius 3 is 2.89 bits per heavy atom. The van der Waals surface area contributed by atoms with E-state index < -0.39 is 0 Å². The topological polar surface area (TPSA) is 21.7 Å².